The lowest BCUT2D eigenvalue weighted by Gasteiger charge is -2.09. The molecule has 25 heavy (non-hydrogen) atoms. The second kappa shape index (κ2) is 6.72. The fourth-order valence-corrected chi connectivity index (χ4v) is 2.76. The Kier molecular flexibility index (Phi) is 4.63. The number of nitrogens with one attached hydrogen (secondary N) is 1. The molecule has 3 aromatic rings. The highest BCUT2D eigenvalue weighted by molar-refractivity contribution is 9.10. The van der Waals surface area contributed by atoms with Gasteiger partial charge in [-0.3, -0.25) is 4.79 Å². The minimum atomic E-state index is -0.605. The van der Waals surface area contributed by atoms with Gasteiger partial charge in [-0.05, 0) is 45.0 Å². The number of aryl methyl sites for hydroxylation is 3. The molecule has 0 saturated heterocycles. The van der Waals surface area contributed by atoms with Crippen LogP contribution in [0.25, 0.3) is 5.95 Å². The molecule has 8 heteroatoms. The minimum absolute atomic E-state index is 0.0684. The van der Waals surface area contributed by atoms with E-state index in [1.807, 2.05) is 19.9 Å². The number of amides is 1. The molecule has 0 aliphatic carbocycles. The van der Waals surface area contributed by atoms with E-state index in [0.717, 1.165) is 11.4 Å². The first-order valence-electron chi connectivity index (χ1n) is 7.49. The van der Waals surface area contributed by atoms with Crippen molar-refractivity contribution in [2.75, 3.05) is 5.32 Å². The van der Waals surface area contributed by atoms with Crippen LogP contribution in [0.4, 0.5) is 10.2 Å². The fraction of sp³-hybridized carbons (Fsp3) is 0.176. The van der Waals surface area contributed by atoms with Gasteiger partial charge in [0.1, 0.15) is 11.6 Å². The summed E-state index contributed by atoms with van der Waals surface area (Å²) in [6.45, 7) is 5.49. The van der Waals surface area contributed by atoms with Crippen LogP contribution in [0, 0.1) is 26.6 Å². The van der Waals surface area contributed by atoms with E-state index in [2.05, 4.69) is 36.3 Å². The van der Waals surface area contributed by atoms with Crippen molar-refractivity contribution >= 4 is 27.7 Å². The lowest BCUT2D eigenvalue weighted by molar-refractivity contribution is 0.102. The Hall–Kier alpha value is -2.61. The van der Waals surface area contributed by atoms with Crippen LogP contribution < -0.4 is 5.32 Å². The van der Waals surface area contributed by atoms with E-state index < -0.39 is 11.7 Å². The molecule has 0 aliphatic rings. The van der Waals surface area contributed by atoms with E-state index in [0.29, 0.717) is 21.9 Å². The minimum Gasteiger partial charge on any atom is -0.306 e. The monoisotopic (exact) mass is 403 g/mol. The molecule has 3 rings (SSSR count). The predicted molar refractivity (Wildman–Crippen MR) is 95.4 cm³/mol. The largest absolute Gasteiger partial charge is 0.306 e. The molecule has 0 aliphatic heterocycles. The number of aromatic nitrogens is 4. The van der Waals surface area contributed by atoms with Crippen molar-refractivity contribution in [3.05, 3.63) is 63.3 Å². The number of hydrogen-bond acceptors (Lipinski definition) is 4. The first-order chi connectivity index (χ1) is 11.8. The number of halogens is 2. The highest BCUT2D eigenvalue weighted by Gasteiger charge is 2.17. The van der Waals surface area contributed by atoms with Crippen LogP contribution >= 0.6 is 15.9 Å². The van der Waals surface area contributed by atoms with Crippen molar-refractivity contribution in [3.63, 3.8) is 0 Å². The molecular weight excluding hydrogens is 389 g/mol. The molecule has 0 fully saturated rings. The second-order valence-corrected chi connectivity index (χ2v) is 6.53. The van der Waals surface area contributed by atoms with Crippen molar-refractivity contribution in [2.45, 2.75) is 20.8 Å². The molecule has 0 radical (unpaired) electrons. The maximum Gasteiger partial charge on any atom is 0.259 e. The van der Waals surface area contributed by atoms with Gasteiger partial charge in [-0.25, -0.2) is 14.4 Å². The SMILES string of the molecule is Cc1cc(C)nc(-n2nc(C)cc2NC(=O)c2cc(Br)ccc2F)n1. The molecule has 1 amide bonds. The molecule has 128 valence electrons. The summed E-state index contributed by atoms with van der Waals surface area (Å²) < 4.78 is 16.0. The number of benzene rings is 1. The third-order valence-electron chi connectivity index (χ3n) is 3.41. The Bertz CT molecular complexity index is 949. The van der Waals surface area contributed by atoms with E-state index in [-0.39, 0.29) is 5.56 Å². The highest BCUT2D eigenvalue weighted by Crippen LogP contribution is 2.19. The first-order valence-corrected chi connectivity index (χ1v) is 8.28. The summed E-state index contributed by atoms with van der Waals surface area (Å²) in [5.41, 5.74) is 2.17. The third kappa shape index (κ3) is 3.74. The number of carbonyl (C=O) groups is 1. The van der Waals surface area contributed by atoms with Crippen LogP contribution in [-0.4, -0.2) is 25.7 Å². The Morgan fingerprint density at radius 2 is 1.76 bits per heavy atom. The van der Waals surface area contributed by atoms with Gasteiger partial charge in [0.25, 0.3) is 11.9 Å². The fourth-order valence-electron chi connectivity index (χ4n) is 2.40. The van der Waals surface area contributed by atoms with Gasteiger partial charge in [0.2, 0.25) is 0 Å². The van der Waals surface area contributed by atoms with Gasteiger partial charge in [-0.2, -0.15) is 9.78 Å². The van der Waals surface area contributed by atoms with E-state index in [4.69, 9.17) is 0 Å². The summed E-state index contributed by atoms with van der Waals surface area (Å²) in [6, 6.07) is 7.70. The van der Waals surface area contributed by atoms with Crippen LogP contribution in [0.5, 0.6) is 0 Å². The maximum atomic E-state index is 13.9. The van der Waals surface area contributed by atoms with Crippen molar-refractivity contribution in [3.8, 4) is 5.95 Å². The first kappa shape index (κ1) is 17.2. The number of nitrogens with zero attached hydrogens (tertiary/aromatic N) is 4. The number of hydrogen-bond donors (Lipinski definition) is 1. The summed E-state index contributed by atoms with van der Waals surface area (Å²) >= 11 is 3.24. The zero-order chi connectivity index (χ0) is 18.1. The molecule has 2 aromatic heterocycles. The zero-order valence-electron chi connectivity index (χ0n) is 13.8. The maximum absolute atomic E-state index is 13.9. The standard InChI is InChI=1S/C17H15BrFN5O/c1-9-6-10(2)21-17(20-9)24-15(7-11(3)23-24)22-16(25)13-8-12(18)4-5-14(13)19/h4-8H,1-3H3,(H,22,25). The topological polar surface area (TPSA) is 72.7 Å². The van der Waals surface area contributed by atoms with Crippen molar-refractivity contribution in [1.29, 1.82) is 0 Å². The molecule has 0 unspecified atom stereocenters. The van der Waals surface area contributed by atoms with Crippen LogP contribution in [-0.2, 0) is 0 Å². The molecule has 0 saturated carbocycles. The van der Waals surface area contributed by atoms with Gasteiger partial charge in [0.05, 0.1) is 11.3 Å². The second-order valence-electron chi connectivity index (χ2n) is 5.61. The smallest absolute Gasteiger partial charge is 0.259 e. The van der Waals surface area contributed by atoms with Gasteiger partial charge in [-0.1, -0.05) is 15.9 Å². The average Bonchev–Trinajstić information content (AvgIpc) is 2.89. The summed E-state index contributed by atoms with van der Waals surface area (Å²) in [7, 11) is 0. The molecule has 0 bridgehead atoms. The molecule has 0 spiro atoms. The van der Waals surface area contributed by atoms with Gasteiger partial charge in [-0.15, -0.1) is 0 Å². The van der Waals surface area contributed by atoms with Gasteiger partial charge < -0.3 is 5.32 Å². The third-order valence-corrected chi connectivity index (χ3v) is 3.90. The van der Waals surface area contributed by atoms with E-state index in [1.54, 1.807) is 13.0 Å². The quantitative estimate of drug-likeness (QED) is 0.722. The van der Waals surface area contributed by atoms with Gasteiger partial charge in [0, 0.05) is 21.9 Å². The normalized spacial score (nSPS) is 10.8. The lowest BCUT2D eigenvalue weighted by Crippen LogP contribution is -2.17. The van der Waals surface area contributed by atoms with Crippen molar-refractivity contribution < 1.29 is 9.18 Å². The Morgan fingerprint density at radius 1 is 1.08 bits per heavy atom. The van der Waals surface area contributed by atoms with Crippen LogP contribution in [0.3, 0.4) is 0 Å². The molecule has 1 N–H and O–H groups in total. The lowest BCUT2D eigenvalue weighted by atomic mass is 10.2. The summed E-state index contributed by atoms with van der Waals surface area (Å²) in [5, 5.41) is 7.00. The van der Waals surface area contributed by atoms with Crippen molar-refractivity contribution in [1.82, 2.24) is 19.7 Å². The van der Waals surface area contributed by atoms with Gasteiger partial charge in [0.15, 0.2) is 0 Å². The number of anilines is 1. The Balaban J connectivity index is 1.99. The Morgan fingerprint density at radius 3 is 2.44 bits per heavy atom. The highest BCUT2D eigenvalue weighted by atomic mass is 79.9. The summed E-state index contributed by atoms with van der Waals surface area (Å²) in [5.74, 6) is -0.474. The zero-order valence-corrected chi connectivity index (χ0v) is 15.4. The van der Waals surface area contributed by atoms with E-state index in [1.165, 1.54) is 22.9 Å². The van der Waals surface area contributed by atoms with Crippen LogP contribution in [0.15, 0.2) is 34.8 Å². The molecule has 1 aromatic carbocycles. The van der Waals surface area contributed by atoms with Crippen LogP contribution in [0.1, 0.15) is 27.4 Å². The number of rotatable bonds is 3. The predicted octanol–water partition coefficient (Wildman–Crippen LogP) is 3.74. The summed E-state index contributed by atoms with van der Waals surface area (Å²) in [4.78, 5) is 21.2. The summed E-state index contributed by atoms with van der Waals surface area (Å²) in [6.07, 6.45) is 0. The number of carbonyl (C=O) groups excluding carboxylic acids is 1. The van der Waals surface area contributed by atoms with Crippen molar-refractivity contribution in [2.24, 2.45) is 0 Å². The molecular formula is C17H15BrFN5O. The Labute approximate surface area is 152 Å². The molecule has 2 heterocycles. The van der Waals surface area contributed by atoms with E-state index in [9.17, 15) is 9.18 Å². The van der Waals surface area contributed by atoms with E-state index >= 15 is 0 Å². The van der Waals surface area contributed by atoms with Gasteiger partial charge >= 0.3 is 0 Å². The molecule has 6 nitrogen and oxygen atoms in total. The molecule has 0 atom stereocenters. The van der Waals surface area contributed by atoms with Crippen LogP contribution in [0.2, 0.25) is 0 Å². The average molecular weight is 404 g/mol.